The van der Waals surface area contributed by atoms with Crippen molar-refractivity contribution in [1.82, 2.24) is 4.98 Å². The minimum Gasteiger partial charge on any atom is -0.361 e. The second kappa shape index (κ2) is 6.57. The van der Waals surface area contributed by atoms with E-state index >= 15 is 0 Å². The van der Waals surface area contributed by atoms with Gasteiger partial charge >= 0.3 is 10.0 Å². The van der Waals surface area contributed by atoms with Gasteiger partial charge in [0.05, 0.1) is 0 Å². The quantitative estimate of drug-likeness (QED) is 0.875. The van der Waals surface area contributed by atoms with Crippen LogP contribution >= 0.6 is 0 Å². The first-order chi connectivity index (χ1) is 11.4. The fraction of sp³-hybridized carbons (Fsp3) is 0.368. The third-order valence-electron chi connectivity index (χ3n) is 4.78. The standard InChI is InChI=1S/C19H24N2O2S/c1-13-8-9-17(10-14(13)2)24(22,23)21-15(3)11-16-12-20-19-7-5-4-6-18(16)19/h4-10,12-15,20-21H,11H2,1-3H3/p+1. The van der Waals surface area contributed by atoms with E-state index in [2.05, 4.69) is 24.9 Å². The van der Waals surface area contributed by atoms with Crippen molar-refractivity contribution in [3.8, 4) is 0 Å². The van der Waals surface area contributed by atoms with E-state index in [-0.39, 0.29) is 12.0 Å². The maximum absolute atomic E-state index is 12.7. The highest BCUT2D eigenvalue weighted by Gasteiger charge is 2.26. The molecule has 5 heteroatoms. The molecule has 0 saturated heterocycles. The van der Waals surface area contributed by atoms with Gasteiger partial charge in [0.25, 0.3) is 0 Å². The molecule has 0 aliphatic heterocycles. The van der Waals surface area contributed by atoms with Crippen LogP contribution in [-0.4, -0.2) is 19.4 Å². The number of hydrogen-bond acceptors (Lipinski definition) is 2. The molecule has 3 atom stereocenters. The Labute approximate surface area is 143 Å². The summed E-state index contributed by atoms with van der Waals surface area (Å²) in [6, 6.07) is 8.04. The summed E-state index contributed by atoms with van der Waals surface area (Å²) >= 11 is 0. The summed E-state index contributed by atoms with van der Waals surface area (Å²) in [4.78, 5) is 3.67. The number of allylic oxidation sites excluding steroid dienone is 3. The van der Waals surface area contributed by atoms with E-state index < -0.39 is 10.0 Å². The van der Waals surface area contributed by atoms with Crippen LogP contribution in [-0.2, 0) is 16.4 Å². The Balaban J connectivity index is 1.73. The van der Waals surface area contributed by atoms with Crippen LogP contribution < -0.4 is 4.72 Å². The molecule has 4 nitrogen and oxygen atoms in total. The molecule has 1 aromatic heterocycles. The van der Waals surface area contributed by atoms with Crippen LogP contribution in [0.2, 0.25) is 0 Å². The predicted octanol–water partition coefficient (Wildman–Crippen LogP) is 2.72. The summed E-state index contributed by atoms with van der Waals surface area (Å²) < 4.78 is 26.8. The highest BCUT2D eigenvalue weighted by atomic mass is 32.2. The average molecular weight is 345 g/mol. The van der Waals surface area contributed by atoms with E-state index in [0.29, 0.717) is 17.2 Å². The minimum absolute atomic E-state index is 0.0573. The maximum atomic E-state index is 12.7. The number of nitrogens with two attached hydrogens (primary N) is 1. The summed E-state index contributed by atoms with van der Waals surface area (Å²) in [7, 11) is -3.36. The van der Waals surface area contributed by atoms with Crippen LogP contribution in [0.15, 0.2) is 53.6 Å². The van der Waals surface area contributed by atoms with Gasteiger partial charge in [-0.2, -0.15) is 8.42 Å². The lowest BCUT2D eigenvalue weighted by Gasteiger charge is -2.19. The third-order valence-corrected chi connectivity index (χ3v) is 6.53. The molecule has 24 heavy (non-hydrogen) atoms. The smallest absolute Gasteiger partial charge is 0.324 e. The normalized spacial score (nSPS) is 22.5. The molecule has 0 spiro atoms. The van der Waals surface area contributed by atoms with Crippen molar-refractivity contribution in [2.24, 2.45) is 11.8 Å². The first-order valence-corrected chi connectivity index (χ1v) is 9.96. The molecule has 2 aromatic rings. The van der Waals surface area contributed by atoms with Crippen LogP contribution in [0.5, 0.6) is 0 Å². The summed E-state index contributed by atoms with van der Waals surface area (Å²) in [6.45, 7) is 6.11. The molecule has 1 aromatic carbocycles. The number of para-hydroxylation sites is 1. The molecule has 0 bridgehead atoms. The number of primary sulfonamides is 1. The lowest BCUT2D eigenvalue weighted by atomic mass is 9.92. The zero-order valence-electron chi connectivity index (χ0n) is 14.4. The van der Waals surface area contributed by atoms with Gasteiger partial charge in [0.2, 0.25) is 0 Å². The molecule has 3 unspecified atom stereocenters. The molecule has 1 heterocycles. The van der Waals surface area contributed by atoms with Crippen molar-refractivity contribution in [2.75, 3.05) is 0 Å². The topological polar surface area (TPSA) is 66.5 Å². The molecule has 0 saturated carbocycles. The molecule has 0 radical (unpaired) electrons. The van der Waals surface area contributed by atoms with Crippen LogP contribution in [0, 0.1) is 11.8 Å². The van der Waals surface area contributed by atoms with Gasteiger partial charge in [-0.1, -0.05) is 44.2 Å². The number of hydrogen-bond donors (Lipinski definition) is 2. The number of H-pyrrole nitrogens is 1. The number of nitrogens with one attached hydrogen (secondary N) is 1. The number of quaternary nitrogens is 1. The van der Waals surface area contributed by atoms with Gasteiger partial charge in [-0.25, -0.2) is 4.72 Å². The third kappa shape index (κ3) is 3.47. The van der Waals surface area contributed by atoms with E-state index in [1.807, 2.05) is 43.5 Å². The van der Waals surface area contributed by atoms with Crippen molar-refractivity contribution in [2.45, 2.75) is 33.2 Å². The number of aromatic nitrogens is 1. The van der Waals surface area contributed by atoms with E-state index in [4.69, 9.17) is 0 Å². The lowest BCUT2D eigenvalue weighted by Crippen LogP contribution is -2.92. The Kier molecular flexibility index (Phi) is 4.65. The number of sulfonamides is 1. The maximum Gasteiger partial charge on any atom is 0.324 e. The van der Waals surface area contributed by atoms with Gasteiger partial charge in [0.15, 0.2) is 0 Å². The van der Waals surface area contributed by atoms with Gasteiger partial charge in [0, 0.05) is 23.5 Å². The number of aromatic amines is 1. The Bertz CT molecular complexity index is 893. The SMILES string of the molecule is CC(Cc1c[nH]c2ccccc12)[NH2+]S(=O)(=O)C1=CC(C)C(C)C=C1. The molecule has 3 N–H and O–H groups in total. The largest absolute Gasteiger partial charge is 0.361 e. The highest BCUT2D eigenvalue weighted by Crippen LogP contribution is 2.23. The molecule has 3 rings (SSSR count). The Hall–Kier alpha value is -1.85. The second-order valence-corrected chi connectivity index (χ2v) is 8.70. The van der Waals surface area contributed by atoms with Gasteiger partial charge in [0.1, 0.15) is 10.9 Å². The fourth-order valence-electron chi connectivity index (χ4n) is 3.16. The van der Waals surface area contributed by atoms with E-state index in [9.17, 15) is 8.42 Å². The van der Waals surface area contributed by atoms with Crippen molar-refractivity contribution in [3.63, 3.8) is 0 Å². The summed E-state index contributed by atoms with van der Waals surface area (Å²) in [5.74, 6) is 0.629. The van der Waals surface area contributed by atoms with Gasteiger partial charge in [-0.05, 0) is 36.5 Å². The monoisotopic (exact) mass is 345 g/mol. The Morgan fingerprint density at radius 2 is 1.96 bits per heavy atom. The van der Waals surface area contributed by atoms with Gasteiger partial charge in [-0.3, -0.25) is 0 Å². The van der Waals surface area contributed by atoms with Crippen LogP contribution in [0.3, 0.4) is 0 Å². The molecular formula is C19H25N2O2S+. The van der Waals surface area contributed by atoms with Crippen molar-refractivity contribution < 1.29 is 13.1 Å². The van der Waals surface area contributed by atoms with Crippen molar-refractivity contribution >= 4 is 20.9 Å². The van der Waals surface area contributed by atoms with Gasteiger partial charge in [-0.15, -0.1) is 0 Å². The summed E-state index contributed by atoms with van der Waals surface area (Å²) in [6.07, 6.45) is 8.27. The molecule has 128 valence electrons. The average Bonchev–Trinajstić information content (AvgIpc) is 2.92. The summed E-state index contributed by atoms with van der Waals surface area (Å²) in [5.41, 5.74) is 2.24. The molecule has 1 aliphatic rings. The van der Waals surface area contributed by atoms with Crippen LogP contribution in [0.25, 0.3) is 10.9 Å². The van der Waals surface area contributed by atoms with Crippen LogP contribution in [0.1, 0.15) is 26.3 Å². The fourth-order valence-corrected chi connectivity index (χ4v) is 4.70. The highest BCUT2D eigenvalue weighted by molar-refractivity contribution is 7.89. The van der Waals surface area contributed by atoms with Crippen molar-refractivity contribution in [3.05, 3.63) is 59.2 Å². The molecule has 0 amide bonds. The number of benzene rings is 1. The number of fused-ring (bicyclic) bond motifs is 1. The van der Waals surface area contributed by atoms with E-state index in [0.717, 1.165) is 16.5 Å². The lowest BCUT2D eigenvalue weighted by molar-refractivity contribution is -0.534. The summed E-state index contributed by atoms with van der Waals surface area (Å²) in [5, 5.41) is 1.16. The Morgan fingerprint density at radius 1 is 1.21 bits per heavy atom. The van der Waals surface area contributed by atoms with Crippen molar-refractivity contribution in [1.29, 1.82) is 0 Å². The first-order valence-electron chi connectivity index (χ1n) is 8.42. The zero-order valence-corrected chi connectivity index (χ0v) is 15.2. The van der Waals surface area contributed by atoms with E-state index in [1.54, 1.807) is 6.08 Å². The minimum atomic E-state index is -3.36. The van der Waals surface area contributed by atoms with Gasteiger partial charge < -0.3 is 4.98 Å². The van der Waals surface area contributed by atoms with E-state index in [1.165, 1.54) is 4.72 Å². The van der Waals surface area contributed by atoms with Crippen LogP contribution in [0.4, 0.5) is 0 Å². The molecule has 1 aliphatic carbocycles. The zero-order chi connectivity index (χ0) is 17.3. The Morgan fingerprint density at radius 3 is 2.71 bits per heavy atom. The second-order valence-electron chi connectivity index (χ2n) is 6.87. The molecular weight excluding hydrogens is 320 g/mol. The molecule has 0 fully saturated rings. The number of rotatable bonds is 5. The first kappa shape index (κ1) is 17.0. The predicted molar refractivity (Wildman–Crippen MR) is 97.9 cm³/mol.